The Bertz CT molecular complexity index is 716. The predicted molar refractivity (Wildman–Crippen MR) is 91.6 cm³/mol. The molecule has 2 rings (SSSR count). The van der Waals surface area contributed by atoms with Crippen LogP contribution in [0.1, 0.15) is 28.4 Å². The van der Waals surface area contributed by atoms with Gasteiger partial charge in [0.2, 0.25) is 0 Å². The third kappa shape index (κ3) is 2.98. The van der Waals surface area contributed by atoms with E-state index in [-0.39, 0.29) is 11.5 Å². The van der Waals surface area contributed by atoms with Crippen molar-refractivity contribution in [2.75, 3.05) is 0 Å². The summed E-state index contributed by atoms with van der Waals surface area (Å²) in [5.74, 6) is -0.200. The highest BCUT2D eigenvalue weighted by Crippen LogP contribution is 2.37. The molecule has 2 aromatic rings. The molecule has 3 heteroatoms. The Morgan fingerprint density at radius 1 is 1.29 bits per heavy atom. The van der Waals surface area contributed by atoms with Gasteiger partial charge in [0.25, 0.3) is 0 Å². The Kier molecular flexibility index (Phi) is 4.76. The van der Waals surface area contributed by atoms with Gasteiger partial charge in [0.15, 0.2) is 5.78 Å². The van der Waals surface area contributed by atoms with Gasteiger partial charge in [-0.05, 0) is 40.7 Å². The Morgan fingerprint density at radius 2 is 1.95 bits per heavy atom. The molecule has 2 nitrogen and oxygen atoms in total. The van der Waals surface area contributed by atoms with Crippen LogP contribution in [0.25, 0.3) is 23.3 Å². The second kappa shape index (κ2) is 6.55. The summed E-state index contributed by atoms with van der Waals surface area (Å²) in [5, 5.41) is 10.2. The first-order chi connectivity index (χ1) is 10.1. The molecule has 0 spiro atoms. The van der Waals surface area contributed by atoms with Gasteiger partial charge in [0, 0.05) is 5.56 Å². The number of phenols is 1. The number of carbonyl (C=O) groups excluding carboxylic acids is 1. The summed E-state index contributed by atoms with van der Waals surface area (Å²) in [4.78, 5) is 13.7. The number of Topliss-reactive ketones (excluding diaryl/α,β-unsaturated/α-hetero) is 1. The molecule has 0 unspecified atom stereocenters. The van der Waals surface area contributed by atoms with Crippen molar-refractivity contribution < 1.29 is 9.90 Å². The highest BCUT2D eigenvalue weighted by atomic mass is 79.9. The molecule has 0 aliphatic rings. The van der Waals surface area contributed by atoms with E-state index in [0.29, 0.717) is 11.1 Å². The van der Waals surface area contributed by atoms with Gasteiger partial charge in [-0.15, -0.1) is 0 Å². The molecule has 2 aromatic carbocycles. The average Bonchev–Trinajstić information content (AvgIpc) is 2.48. The van der Waals surface area contributed by atoms with Crippen molar-refractivity contribution in [2.24, 2.45) is 0 Å². The van der Waals surface area contributed by atoms with Crippen LogP contribution in [-0.2, 0) is 0 Å². The molecule has 0 fully saturated rings. The van der Waals surface area contributed by atoms with E-state index in [0.717, 1.165) is 16.7 Å². The van der Waals surface area contributed by atoms with Gasteiger partial charge >= 0.3 is 0 Å². The van der Waals surface area contributed by atoms with Crippen molar-refractivity contribution in [3.8, 4) is 16.9 Å². The Morgan fingerprint density at radius 3 is 2.48 bits per heavy atom. The summed E-state index contributed by atoms with van der Waals surface area (Å²) in [7, 11) is 0. The van der Waals surface area contributed by atoms with Gasteiger partial charge < -0.3 is 5.11 Å². The summed E-state index contributed by atoms with van der Waals surface area (Å²) in [6.45, 7) is 5.23. The van der Waals surface area contributed by atoms with Gasteiger partial charge in [0.05, 0.1) is 5.56 Å². The van der Waals surface area contributed by atoms with Crippen LogP contribution in [0.3, 0.4) is 0 Å². The van der Waals surface area contributed by atoms with Crippen LogP contribution in [0.4, 0.5) is 0 Å². The van der Waals surface area contributed by atoms with E-state index in [2.05, 4.69) is 22.5 Å². The standard InChI is InChI=1S/C18H15BrO2/c1-3-13-11-16(21)17(12(2)20)18(15(13)9-10-19)14-7-5-4-6-8-14/h3-11,21H,1H2,2H3. The topological polar surface area (TPSA) is 37.3 Å². The van der Waals surface area contributed by atoms with Crippen molar-refractivity contribution in [3.05, 3.63) is 64.7 Å². The highest BCUT2D eigenvalue weighted by molar-refractivity contribution is 9.11. The van der Waals surface area contributed by atoms with Crippen LogP contribution in [0.15, 0.2) is 48.0 Å². The predicted octanol–water partition coefficient (Wildman–Crippen LogP) is 5.27. The van der Waals surface area contributed by atoms with Gasteiger partial charge in [-0.2, -0.15) is 0 Å². The number of hydrogen-bond acceptors (Lipinski definition) is 2. The molecule has 0 heterocycles. The van der Waals surface area contributed by atoms with Crippen molar-refractivity contribution >= 4 is 33.9 Å². The molecular weight excluding hydrogens is 328 g/mol. The van der Waals surface area contributed by atoms with E-state index in [4.69, 9.17) is 0 Å². The van der Waals surface area contributed by atoms with Crippen LogP contribution >= 0.6 is 15.9 Å². The second-order valence-corrected chi connectivity index (χ2v) is 5.10. The number of ketones is 1. The molecule has 0 aliphatic carbocycles. The van der Waals surface area contributed by atoms with Crippen molar-refractivity contribution in [1.82, 2.24) is 0 Å². The quantitative estimate of drug-likeness (QED) is 0.768. The fourth-order valence-electron chi connectivity index (χ4n) is 2.38. The fourth-order valence-corrected chi connectivity index (χ4v) is 2.64. The molecule has 0 bridgehead atoms. The highest BCUT2D eigenvalue weighted by Gasteiger charge is 2.19. The summed E-state index contributed by atoms with van der Waals surface area (Å²) in [6.07, 6.45) is 3.52. The lowest BCUT2D eigenvalue weighted by molar-refractivity contribution is 0.101. The summed E-state index contributed by atoms with van der Waals surface area (Å²) < 4.78 is 0. The zero-order valence-electron chi connectivity index (χ0n) is 11.6. The van der Waals surface area contributed by atoms with Gasteiger partial charge in [0.1, 0.15) is 5.75 Å². The third-order valence-corrected chi connectivity index (χ3v) is 3.51. The number of hydrogen-bond donors (Lipinski definition) is 1. The van der Waals surface area contributed by atoms with Crippen molar-refractivity contribution in [3.63, 3.8) is 0 Å². The van der Waals surface area contributed by atoms with E-state index in [1.165, 1.54) is 6.92 Å². The fraction of sp³-hybridized carbons (Fsp3) is 0.0556. The first-order valence-corrected chi connectivity index (χ1v) is 7.37. The third-order valence-electron chi connectivity index (χ3n) is 3.24. The molecule has 0 radical (unpaired) electrons. The first kappa shape index (κ1) is 15.3. The molecular formula is C18H15BrO2. The van der Waals surface area contributed by atoms with Gasteiger partial charge in [-0.3, -0.25) is 4.79 Å². The van der Waals surface area contributed by atoms with E-state index in [1.807, 2.05) is 36.4 Å². The van der Waals surface area contributed by atoms with Crippen LogP contribution in [0, 0.1) is 0 Å². The number of benzene rings is 2. The Hall–Kier alpha value is -2.13. The number of carbonyl (C=O) groups is 1. The zero-order chi connectivity index (χ0) is 15.4. The molecule has 21 heavy (non-hydrogen) atoms. The van der Waals surface area contributed by atoms with E-state index in [1.54, 1.807) is 17.1 Å². The SMILES string of the molecule is C=Cc1cc(O)c(C(C)=O)c(-c2ccccc2)c1C=CBr. The van der Waals surface area contributed by atoms with Crippen molar-refractivity contribution in [2.45, 2.75) is 6.92 Å². The molecule has 0 saturated heterocycles. The first-order valence-electron chi connectivity index (χ1n) is 6.45. The average molecular weight is 343 g/mol. The molecule has 0 aliphatic heterocycles. The van der Waals surface area contributed by atoms with Gasteiger partial charge in [-0.25, -0.2) is 0 Å². The number of halogens is 1. The minimum atomic E-state index is -0.175. The lowest BCUT2D eigenvalue weighted by Gasteiger charge is -2.16. The lowest BCUT2D eigenvalue weighted by atomic mass is 9.88. The monoisotopic (exact) mass is 342 g/mol. The van der Waals surface area contributed by atoms with E-state index in [9.17, 15) is 9.90 Å². The molecule has 106 valence electrons. The van der Waals surface area contributed by atoms with Gasteiger partial charge in [-0.1, -0.05) is 58.9 Å². The summed E-state index contributed by atoms with van der Waals surface area (Å²) >= 11 is 3.27. The smallest absolute Gasteiger partial charge is 0.164 e. The minimum absolute atomic E-state index is 0.0250. The molecule has 1 N–H and O–H groups in total. The van der Waals surface area contributed by atoms with Crippen molar-refractivity contribution in [1.29, 1.82) is 0 Å². The molecule has 0 atom stereocenters. The van der Waals surface area contributed by atoms with Crippen LogP contribution < -0.4 is 0 Å². The maximum absolute atomic E-state index is 12.0. The molecule has 0 aromatic heterocycles. The zero-order valence-corrected chi connectivity index (χ0v) is 13.2. The molecule has 0 saturated carbocycles. The number of rotatable bonds is 4. The van der Waals surface area contributed by atoms with E-state index < -0.39 is 0 Å². The summed E-state index contributed by atoms with van der Waals surface area (Å²) in [5.41, 5.74) is 3.53. The molecule has 0 amide bonds. The maximum Gasteiger partial charge on any atom is 0.164 e. The lowest BCUT2D eigenvalue weighted by Crippen LogP contribution is -2.01. The van der Waals surface area contributed by atoms with Crippen LogP contribution in [-0.4, -0.2) is 10.9 Å². The Balaban J connectivity index is 2.94. The summed E-state index contributed by atoms with van der Waals surface area (Å²) in [6, 6.07) is 11.1. The minimum Gasteiger partial charge on any atom is -0.507 e. The number of phenolic OH excluding ortho intramolecular Hbond substituents is 1. The van der Waals surface area contributed by atoms with E-state index >= 15 is 0 Å². The second-order valence-electron chi connectivity index (χ2n) is 4.57. The normalized spacial score (nSPS) is 10.8. The van der Waals surface area contributed by atoms with Crippen LogP contribution in [0.2, 0.25) is 0 Å². The van der Waals surface area contributed by atoms with Crippen LogP contribution in [0.5, 0.6) is 5.75 Å². The largest absolute Gasteiger partial charge is 0.507 e. The Labute approximate surface area is 132 Å². The maximum atomic E-state index is 12.0. The number of aromatic hydroxyl groups is 1.